The van der Waals surface area contributed by atoms with Crippen molar-refractivity contribution in [2.45, 2.75) is 25.7 Å². The third-order valence-electron chi connectivity index (χ3n) is 5.04. The van der Waals surface area contributed by atoms with E-state index in [4.69, 9.17) is 9.47 Å². The summed E-state index contributed by atoms with van der Waals surface area (Å²) in [6.45, 7) is 1.80. The molecule has 2 aliphatic heterocycles. The molecule has 146 valence electrons. The molecule has 0 bridgehead atoms. The van der Waals surface area contributed by atoms with E-state index in [1.807, 2.05) is 24.3 Å². The number of aliphatic imine (C=N–C) groups is 2. The molecule has 2 aromatic carbocycles. The summed E-state index contributed by atoms with van der Waals surface area (Å²) in [5.41, 5.74) is 4.02. The first kappa shape index (κ1) is 18.3. The molecule has 2 heterocycles. The van der Waals surface area contributed by atoms with Gasteiger partial charge >= 0.3 is 0 Å². The van der Waals surface area contributed by atoms with Crippen molar-refractivity contribution in [3.8, 4) is 22.6 Å². The highest BCUT2D eigenvalue weighted by Crippen LogP contribution is 2.35. The minimum absolute atomic E-state index is 0.800. The highest BCUT2D eigenvalue weighted by molar-refractivity contribution is 5.99. The Bertz CT molecular complexity index is 845. The number of anilines is 2. The number of nitrogens with zero attached hydrogens (tertiary/aromatic N) is 2. The molecule has 6 heteroatoms. The average Bonchev–Trinajstić information content (AvgIpc) is 3.43. The molecule has 0 spiro atoms. The number of nitrogens with one attached hydrogen (secondary N) is 2. The normalized spacial score (nSPS) is 15.8. The Balaban J connectivity index is 1.59. The first-order chi connectivity index (χ1) is 13.8. The zero-order chi connectivity index (χ0) is 19.3. The van der Waals surface area contributed by atoms with Crippen molar-refractivity contribution < 1.29 is 9.47 Å². The molecular weight excluding hydrogens is 352 g/mol. The molecule has 0 amide bonds. The van der Waals surface area contributed by atoms with E-state index in [1.165, 1.54) is 0 Å². The summed E-state index contributed by atoms with van der Waals surface area (Å²) < 4.78 is 11.2. The molecule has 0 saturated heterocycles. The topological polar surface area (TPSA) is 67.2 Å². The van der Waals surface area contributed by atoms with Crippen molar-refractivity contribution >= 4 is 23.0 Å². The summed E-state index contributed by atoms with van der Waals surface area (Å²) in [4.78, 5) is 8.96. The molecular formula is C22H26N4O2. The monoisotopic (exact) mass is 378 g/mol. The minimum atomic E-state index is 0.800. The van der Waals surface area contributed by atoms with E-state index < -0.39 is 0 Å². The van der Waals surface area contributed by atoms with E-state index in [-0.39, 0.29) is 0 Å². The predicted octanol–water partition coefficient (Wildman–Crippen LogP) is 4.58. The molecule has 28 heavy (non-hydrogen) atoms. The van der Waals surface area contributed by atoms with Crippen LogP contribution < -0.4 is 20.1 Å². The summed E-state index contributed by atoms with van der Waals surface area (Å²) in [7, 11) is 3.38. The number of benzene rings is 2. The van der Waals surface area contributed by atoms with E-state index in [2.05, 4.69) is 32.8 Å². The summed E-state index contributed by atoms with van der Waals surface area (Å²) in [6.07, 6.45) is 4.19. The van der Waals surface area contributed by atoms with Gasteiger partial charge in [-0.15, -0.1) is 0 Å². The Kier molecular flexibility index (Phi) is 5.46. The van der Waals surface area contributed by atoms with Gasteiger partial charge in [0, 0.05) is 25.9 Å². The molecule has 2 aliphatic rings. The van der Waals surface area contributed by atoms with Gasteiger partial charge in [-0.2, -0.15) is 0 Å². The van der Waals surface area contributed by atoms with Crippen LogP contribution in [0.5, 0.6) is 11.5 Å². The zero-order valence-corrected chi connectivity index (χ0v) is 16.4. The second kappa shape index (κ2) is 8.33. The van der Waals surface area contributed by atoms with Gasteiger partial charge in [0.2, 0.25) is 0 Å². The smallest absolute Gasteiger partial charge is 0.142 e. The molecule has 6 nitrogen and oxygen atoms in total. The Morgan fingerprint density at radius 1 is 0.714 bits per heavy atom. The van der Waals surface area contributed by atoms with Crippen molar-refractivity contribution in [3.63, 3.8) is 0 Å². The molecule has 2 aromatic rings. The lowest BCUT2D eigenvalue weighted by Gasteiger charge is -2.15. The summed E-state index contributed by atoms with van der Waals surface area (Å²) in [5, 5.41) is 6.78. The Hall–Kier alpha value is -3.02. The Morgan fingerprint density at radius 2 is 1.18 bits per heavy atom. The van der Waals surface area contributed by atoms with Crippen molar-refractivity contribution in [1.82, 2.24) is 0 Å². The first-order valence-electron chi connectivity index (χ1n) is 9.74. The van der Waals surface area contributed by atoms with Crippen LogP contribution in [0.3, 0.4) is 0 Å². The van der Waals surface area contributed by atoms with Gasteiger partial charge in [0.15, 0.2) is 0 Å². The van der Waals surface area contributed by atoms with E-state index in [9.17, 15) is 0 Å². The molecule has 0 saturated carbocycles. The zero-order valence-electron chi connectivity index (χ0n) is 16.4. The summed E-state index contributed by atoms with van der Waals surface area (Å²) in [6, 6.07) is 12.3. The highest BCUT2D eigenvalue weighted by atomic mass is 16.5. The third-order valence-corrected chi connectivity index (χ3v) is 5.04. The van der Waals surface area contributed by atoms with Crippen LogP contribution in [0.25, 0.3) is 11.1 Å². The number of rotatable bonds is 5. The molecule has 0 atom stereocenters. The van der Waals surface area contributed by atoms with Gasteiger partial charge in [-0.1, -0.05) is 12.1 Å². The van der Waals surface area contributed by atoms with Crippen LogP contribution in [-0.2, 0) is 0 Å². The molecule has 0 unspecified atom stereocenters. The van der Waals surface area contributed by atoms with E-state index in [0.717, 1.165) is 84.4 Å². The maximum atomic E-state index is 5.61. The van der Waals surface area contributed by atoms with Gasteiger partial charge in [0.25, 0.3) is 0 Å². The summed E-state index contributed by atoms with van der Waals surface area (Å²) >= 11 is 0. The number of hydrogen-bond donors (Lipinski definition) is 2. The second-order valence-corrected chi connectivity index (χ2v) is 6.94. The van der Waals surface area contributed by atoms with Crippen molar-refractivity contribution in [2.24, 2.45) is 9.98 Å². The van der Waals surface area contributed by atoms with Gasteiger partial charge in [-0.3, -0.25) is 9.98 Å². The number of amidine groups is 2. The first-order valence-corrected chi connectivity index (χ1v) is 9.74. The molecule has 4 rings (SSSR count). The molecule has 0 radical (unpaired) electrons. The van der Waals surface area contributed by atoms with Gasteiger partial charge in [0.05, 0.1) is 25.6 Å². The molecule has 0 fully saturated rings. The van der Waals surface area contributed by atoms with Gasteiger partial charge in [0.1, 0.15) is 23.2 Å². The van der Waals surface area contributed by atoms with Gasteiger partial charge < -0.3 is 20.1 Å². The lowest BCUT2D eigenvalue weighted by molar-refractivity contribution is 0.416. The molecule has 0 aromatic heterocycles. The van der Waals surface area contributed by atoms with Crippen molar-refractivity contribution in [2.75, 3.05) is 37.9 Å². The number of ether oxygens (including phenoxy) is 2. The number of hydrogen-bond acceptors (Lipinski definition) is 6. The van der Waals surface area contributed by atoms with Crippen LogP contribution in [-0.4, -0.2) is 39.0 Å². The van der Waals surface area contributed by atoms with E-state index in [0.29, 0.717) is 0 Å². The highest BCUT2D eigenvalue weighted by Gasteiger charge is 2.13. The SMILES string of the molecule is COc1cc(-c2ccc(NC3=NCCC3)c(OC)c2)ccc1NC1=NCCC1. The van der Waals surface area contributed by atoms with Crippen LogP contribution in [0.1, 0.15) is 25.7 Å². The predicted molar refractivity (Wildman–Crippen MR) is 115 cm³/mol. The quantitative estimate of drug-likeness (QED) is 0.799. The maximum Gasteiger partial charge on any atom is 0.142 e. The van der Waals surface area contributed by atoms with Crippen LogP contribution in [0, 0.1) is 0 Å². The Morgan fingerprint density at radius 3 is 1.54 bits per heavy atom. The van der Waals surface area contributed by atoms with E-state index in [1.54, 1.807) is 14.2 Å². The summed E-state index contributed by atoms with van der Waals surface area (Å²) in [5.74, 6) is 3.65. The fourth-order valence-corrected chi connectivity index (χ4v) is 3.54. The van der Waals surface area contributed by atoms with E-state index >= 15 is 0 Å². The molecule has 0 aliphatic carbocycles. The van der Waals surface area contributed by atoms with Crippen molar-refractivity contribution in [1.29, 1.82) is 0 Å². The van der Waals surface area contributed by atoms with Crippen LogP contribution in [0.15, 0.2) is 46.4 Å². The molecule has 2 N–H and O–H groups in total. The average molecular weight is 378 g/mol. The lowest BCUT2D eigenvalue weighted by Crippen LogP contribution is -2.09. The number of methoxy groups -OCH3 is 2. The fourth-order valence-electron chi connectivity index (χ4n) is 3.54. The van der Waals surface area contributed by atoms with Crippen LogP contribution >= 0.6 is 0 Å². The van der Waals surface area contributed by atoms with Crippen LogP contribution in [0.4, 0.5) is 11.4 Å². The van der Waals surface area contributed by atoms with Crippen molar-refractivity contribution in [3.05, 3.63) is 36.4 Å². The lowest BCUT2D eigenvalue weighted by atomic mass is 10.0. The minimum Gasteiger partial charge on any atom is -0.495 e. The van der Waals surface area contributed by atoms with Crippen LogP contribution in [0.2, 0.25) is 0 Å². The van der Waals surface area contributed by atoms with Gasteiger partial charge in [-0.25, -0.2) is 0 Å². The second-order valence-electron chi connectivity index (χ2n) is 6.94. The fraction of sp³-hybridized carbons (Fsp3) is 0.364. The largest absolute Gasteiger partial charge is 0.495 e. The third kappa shape index (κ3) is 3.96. The Labute approximate surface area is 165 Å². The maximum absolute atomic E-state index is 5.61. The van der Waals surface area contributed by atoms with Gasteiger partial charge in [-0.05, 0) is 48.2 Å². The standard InChI is InChI=1S/C22H26N4O2/c1-27-19-13-15(7-9-17(19)25-21-5-3-11-23-21)16-8-10-18(20(14-16)28-2)26-22-6-4-12-24-22/h7-10,13-14H,3-6,11-12H2,1-2H3,(H,23,25)(H,24,26).